The lowest BCUT2D eigenvalue weighted by Gasteiger charge is -2.27. The standard InChI is InChI=1S/C17H21NO/c1-12-5-8-14(9-6-12)19-15-10-7-13-3-2-4-17(18)16(13)11-15/h2-4,7,10-12,14H,5-6,8-9,18H2,1H3/t12-,14+. The molecule has 0 unspecified atom stereocenters. The second-order valence-electron chi connectivity index (χ2n) is 5.73. The van der Waals surface area contributed by atoms with Crippen molar-refractivity contribution in [2.45, 2.75) is 38.7 Å². The second-order valence-corrected chi connectivity index (χ2v) is 5.73. The van der Waals surface area contributed by atoms with E-state index in [0.717, 1.165) is 22.7 Å². The summed E-state index contributed by atoms with van der Waals surface area (Å²) < 4.78 is 6.11. The molecule has 0 heterocycles. The second kappa shape index (κ2) is 5.12. The SMILES string of the molecule is C[C@H]1CC[C@@H](Oc2ccc3cccc(N)c3c2)CC1. The van der Waals surface area contributed by atoms with E-state index in [-0.39, 0.29) is 0 Å². The van der Waals surface area contributed by atoms with Gasteiger partial charge in [0.05, 0.1) is 6.10 Å². The molecule has 0 aromatic heterocycles. The zero-order valence-corrected chi connectivity index (χ0v) is 11.4. The van der Waals surface area contributed by atoms with Crippen molar-refractivity contribution in [1.82, 2.24) is 0 Å². The summed E-state index contributed by atoms with van der Waals surface area (Å²) in [6, 6.07) is 12.2. The number of fused-ring (bicyclic) bond motifs is 1. The first-order valence-electron chi connectivity index (χ1n) is 7.17. The normalized spacial score (nSPS) is 23.4. The minimum Gasteiger partial charge on any atom is -0.490 e. The first kappa shape index (κ1) is 12.3. The van der Waals surface area contributed by atoms with Crippen LogP contribution in [0.4, 0.5) is 5.69 Å². The molecule has 0 radical (unpaired) electrons. The van der Waals surface area contributed by atoms with Gasteiger partial charge in [-0.1, -0.05) is 25.1 Å². The maximum atomic E-state index is 6.11. The number of anilines is 1. The van der Waals surface area contributed by atoms with Gasteiger partial charge < -0.3 is 10.5 Å². The molecule has 0 amide bonds. The largest absolute Gasteiger partial charge is 0.490 e. The Morgan fingerprint density at radius 3 is 2.63 bits per heavy atom. The maximum absolute atomic E-state index is 6.11. The Kier molecular flexibility index (Phi) is 3.33. The third-order valence-electron chi connectivity index (χ3n) is 4.15. The van der Waals surface area contributed by atoms with Crippen molar-refractivity contribution >= 4 is 16.5 Å². The van der Waals surface area contributed by atoms with E-state index < -0.39 is 0 Å². The van der Waals surface area contributed by atoms with E-state index in [9.17, 15) is 0 Å². The van der Waals surface area contributed by atoms with Crippen molar-refractivity contribution in [3.63, 3.8) is 0 Å². The van der Waals surface area contributed by atoms with Crippen molar-refractivity contribution in [2.24, 2.45) is 5.92 Å². The van der Waals surface area contributed by atoms with Gasteiger partial charge in [-0.25, -0.2) is 0 Å². The quantitative estimate of drug-likeness (QED) is 0.808. The highest BCUT2D eigenvalue weighted by Crippen LogP contribution is 2.30. The molecule has 1 aliphatic rings. The van der Waals surface area contributed by atoms with Crippen LogP contribution < -0.4 is 10.5 Å². The lowest BCUT2D eigenvalue weighted by Crippen LogP contribution is -2.22. The molecule has 0 aliphatic heterocycles. The number of hydrogen-bond acceptors (Lipinski definition) is 2. The monoisotopic (exact) mass is 255 g/mol. The number of ether oxygens (including phenoxy) is 1. The van der Waals surface area contributed by atoms with E-state index in [0.29, 0.717) is 6.10 Å². The lowest BCUT2D eigenvalue weighted by atomic mass is 9.89. The Hall–Kier alpha value is -1.70. The van der Waals surface area contributed by atoms with Gasteiger partial charge >= 0.3 is 0 Å². The number of nitrogen functional groups attached to an aromatic ring is 1. The number of hydrogen-bond donors (Lipinski definition) is 1. The smallest absolute Gasteiger partial charge is 0.120 e. The zero-order chi connectivity index (χ0) is 13.2. The predicted molar refractivity (Wildman–Crippen MR) is 80.4 cm³/mol. The van der Waals surface area contributed by atoms with Crippen molar-refractivity contribution in [2.75, 3.05) is 5.73 Å². The molecular formula is C17H21NO. The van der Waals surface area contributed by atoms with E-state index in [1.807, 2.05) is 12.1 Å². The Morgan fingerprint density at radius 2 is 1.84 bits per heavy atom. The van der Waals surface area contributed by atoms with Crippen LogP contribution in [0.3, 0.4) is 0 Å². The third-order valence-corrected chi connectivity index (χ3v) is 4.15. The molecule has 19 heavy (non-hydrogen) atoms. The summed E-state index contributed by atoms with van der Waals surface area (Å²) in [5.74, 6) is 1.80. The molecule has 0 saturated heterocycles. The van der Waals surface area contributed by atoms with Crippen molar-refractivity contribution in [1.29, 1.82) is 0 Å². The number of nitrogens with two attached hydrogens (primary N) is 1. The van der Waals surface area contributed by atoms with Crippen LogP contribution in [0.1, 0.15) is 32.6 Å². The van der Waals surface area contributed by atoms with Crippen LogP contribution in [0.25, 0.3) is 10.8 Å². The van der Waals surface area contributed by atoms with Gasteiger partial charge in [0.25, 0.3) is 0 Å². The Balaban J connectivity index is 1.80. The van der Waals surface area contributed by atoms with Gasteiger partial charge in [-0.05, 0) is 55.2 Å². The fraction of sp³-hybridized carbons (Fsp3) is 0.412. The van der Waals surface area contributed by atoms with Gasteiger partial charge in [-0.15, -0.1) is 0 Å². The molecule has 2 N–H and O–H groups in total. The van der Waals surface area contributed by atoms with Gasteiger partial charge in [0.15, 0.2) is 0 Å². The van der Waals surface area contributed by atoms with Crippen LogP contribution in [0, 0.1) is 5.92 Å². The summed E-state index contributed by atoms with van der Waals surface area (Å²) in [7, 11) is 0. The molecule has 3 rings (SSSR count). The molecule has 1 fully saturated rings. The van der Waals surface area contributed by atoms with Crippen LogP contribution in [0.15, 0.2) is 36.4 Å². The molecule has 0 spiro atoms. The summed E-state index contributed by atoms with van der Waals surface area (Å²) in [4.78, 5) is 0. The van der Waals surface area contributed by atoms with Crippen LogP contribution in [0.5, 0.6) is 5.75 Å². The highest BCUT2D eigenvalue weighted by molar-refractivity contribution is 5.93. The summed E-state index contributed by atoms with van der Waals surface area (Å²) in [5, 5.41) is 2.26. The fourth-order valence-electron chi connectivity index (χ4n) is 2.89. The molecule has 2 aromatic carbocycles. The summed E-state index contributed by atoms with van der Waals surface area (Å²) in [5.41, 5.74) is 6.84. The van der Waals surface area contributed by atoms with Crippen LogP contribution in [0.2, 0.25) is 0 Å². The van der Waals surface area contributed by atoms with Crippen molar-refractivity contribution < 1.29 is 4.74 Å². The molecule has 1 aliphatic carbocycles. The molecule has 2 nitrogen and oxygen atoms in total. The van der Waals surface area contributed by atoms with E-state index in [2.05, 4.69) is 31.2 Å². The van der Waals surface area contributed by atoms with E-state index in [4.69, 9.17) is 10.5 Å². The Morgan fingerprint density at radius 1 is 1.05 bits per heavy atom. The number of benzene rings is 2. The summed E-state index contributed by atoms with van der Waals surface area (Å²) in [6.45, 7) is 2.33. The zero-order valence-electron chi connectivity index (χ0n) is 11.4. The third kappa shape index (κ3) is 2.67. The highest BCUT2D eigenvalue weighted by atomic mass is 16.5. The average Bonchev–Trinajstić information content (AvgIpc) is 2.42. The minimum atomic E-state index is 0.374. The molecule has 2 aromatic rings. The van der Waals surface area contributed by atoms with Gasteiger partial charge in [0, 0.05) is 11.1 Å². The number of rotatable bonds is 2. The average molecular weight is 255 g/mol. The van der Waals surface area contributed by atoms with Gasteiger partial charge in [0.2, 0.25) is 0 Å². The van der Waals surface area contributed by atoms with Crippen LogP contribution >= 0.6 is 0 Å². The van der Waals surface area contributed by atoms with Crippen LogP contribution in [-0.4, -0.2) is 6.10 Å². The molecular weight excluding hydrogens is 234 g/mol. The maximum Gasteiger partial charge on any atom is 0.120 e. The Labute approximate surface area is 114 Å². The molecule has 2 heteroatoms. The summed E-state index contributed by atoms with van der Waals surface area (Å²) >= 11 is 0. The topological polar surface area (TPSA) is 35.2 Å². The minimum absolute atomic E-state index is 0.374. The van der Waals surface area contributed by atoms with E-state index in [1.165, 1.54) is 31.1 Å². The van der Waals surface area contributed by atoms with Gasteiger partial charge in [0.1, 0.15) is 5.75 Å². The molecule has 1 saturated carbocycles. The molecule has 100 valence electrons. The fourth-order valence-corrected chi connectivity index (χ4v) is 2.89. The Bertz CT molecular complexity index is 570. The van der Waals surface area contributed by atoms with Gasteiger partial charge in [-0.3, -0.25) is 0 Å². The lowest BCUT2D eigenvalue weighted by molar-refractivity contribution is 0.136. The highest BCUT2D eigenvalue weighted by Gasteiger charge is 2.19. The molecule has 0 atom stereocenters. The molecule has 0 bridgehead atoms. The first-order valence-corrected chi connectivity index (χ1v) is 7.17. The van der Waals surface area contributed by atoms with Crippen molar-refractivity contribution in [3.8, 4) is 5.75 Å². The first-order chi connectivity index (χ1) is 9.22. The van der Waals surface area contributed by atoms with Gasteiger partial charge in [-0.2, -0.15) is 0 Å². The summed E-state index contributed by atoms with van der Waals surface area (Å²) in [6.07, 6.45) is 5.27. The van der Waals surface area contributed by atoms with Crippen LogP contribution in [-0.2, 0) is 0 Å². The van der Waals surface area contributed by atoms with E-state index >= 15 is 0 Å². The predicted octanol–water partition coefficient (Wildman–Crippen LogP) is 4.38. The van der Waals surface area contributed by atoms with E-state index in [1.54, 1.807) is 0 Å². The van der Waals surface area contributed by atoms with Crippen molar-refractivity contribution in [3.05, 3.63) is 36.4 Å².